The van der Waals surface area contributed by atoms with Gasteiger partial charge in [-0.25, -0.2) is 8.42 Å². The number of hydrogen-bond acceptors (Lipinski definition) is 4. The van der Waals surface area contributed by atoms with Crippen LogP contribution >= 0.6 is 34.8 Å². The third-order valence-corrected chi connectivity index (χ3v) is 9.89. The lowest BCUT2D eigenvalue weighted by Crippen LogP contribution is -2.53. The molecule has 4 aromatic rings. The van der Waals surface area contributed by atoms with Crippen LogP contribution in [0.5, 0.6) is 0 Å². The normalized spacial score (nSPS) is 12.3. The molecule has 0 heterocycles. The minimum Gasteiger partial charge on any atom is -0.357 e. The van der Waals surface area contributed by atoms with E-state index in [1.165, 1.54) is 43.4 Å². The number of sulfonamides is 1. The molecule has 0 spiro atoms. The minimum absolute atomic E-state index is 0.0128. The average Bonchev–Trinajstić information content (AvgIpc) is 3.03. The van der Waals surface area contributed by atoms with Crippen molar-refractivity contribution in [3.63, 3.8) is 0 Å². The van der Waals surface area contributed by atoms with E-state index in [9.17, 15) is 31.2 Å². The summed E-state index contributed by atoms with van der Waals surface area (Å²) in [6.45, 7) is -1.31. The number of halogens is 6. The first-order chi connectivity index (χ1) is 21.7. The van der Waals surface area contributed by atoms with Crippen LogP contribution in [0, 0.1) is 0 Å². The molecule has 14 heteroatoms. The van der Waals surface area contributed by atoms with E-state index < -0.39 is 56.9 Å². The third kappa shape index (κ3) is 8.14. The van der Waals surface area contributed by atoms with Crippen molar-refractivity contribution >= 4 is 62.3 Å². The lowest BCUT2D eigenvalue weighted by atomic mass is 10.0. The summed E-state index contributed by atoms with van der Waals surface area (Å²) in [5.74, 6) is -1.49. The quantitative estimate of drug-likeness (QED) is 0.178. The minimum atomic E-state index is -4.92. The molecule has 2 amide bonds. The van der Waals surface area contributed by atoms with E-state index in [1.54, 1.807) is 42.5 Å². The van der Waals surface area contributed by atoms with E-state index in [0.717, 1.165) is 17.0 Å². The van der Waals surface area contributed by atoms with Crippen LogP contribution in [0.2, 0.25) is 15.1 Å². The molecule has 7 nitrogen and oxygen atoms in total. The Morgan fingerprint density at radius 1 is 0.826 bits per heavy atom. The zero-order valence-corrected chi connectivity index (χ0v) is 27.2. The van der Waals surface area contributed by atoms with Gasteiger partial charge in [0.15, 0.2) is 0 Å². The number of rotatable bonds is 11. The zero-order chi connectivity index (χ0) is 33.6. The van der Waals surface area contributed by atoms with Gasteiger partial charge >= 0.3 is 6.18 Å². The molecule has 0 aromatic heterocycles. The Labute approximate surface area is 279 Å². The molecule has 0 saturated heterocycles. The molecular weight excluding hydrogens is 686 g/mol. The molecule has 0 aliphatic heterocycles. The SMILES string of the molecule is CNC(=O)[C@@H](Cc1ccccc1)N(Cc1c(Cl)cccc1Cl)C(=O)CN(c1ccc(Cl)c(C(F)(F)F)c1)S(=O)(=O)c1ccccc1. The summed E-state index contributed by atoms with van der Waals surface area (Å²) in [5.41, 5.74) is -0.798. The number of hydrogen-bond donors (Lipinski definition) is 1. The number of benzene rings is 4. The average molecular weight is 713 g/mol. The summed E-state index contributed by atoms with van der Waals surface area (Å²) in [4.78, 5) is 28.5. The van der Waals surface area contributed by atoms with Crippen molar-refractivity contribution in [2.75, 3.05) is 17.9 Å². The number of carbonyl (C=O) groups is 2. The Morgan fingerprint density at radius 2 is 1.41 bits per heavy atom. The number of amides is 2. The van der Waals surface area contributed by atoms with E-state index >= 15 is 0 Å². The van der Waals surface area contributed by atoms with E-state index in [1.807, 2.05) is 0 Å². The van der Waals surface area contributed by atoms with Crippen molar-refractivity contribution in [1.82, 2.24) is 10.2 Å². The highest BCUT2D eigenvalue weighted by Gasteiger charge is 2.37. The molecule has 242 valence electrons. The summed E-state index contributed by atoms with van der Waals surface area (Å²) in [7, 11) is -3.26. The van der Waals surface area contributed by atoms with Gasteiger partial charge in [0.2, 0.25) is 11.8 Å². The molecule has 1 atom stereocenters. The van der Waals surface area contributed by atoms with Crippen LogP contribution in [0.3, 0.4) is 0 Å². The Balaban J connectivity index is 1.87. The second-order valence-electron chi connectivity index (χ2n) is 10.0. The van der Waals surface area contributed by atoms with Gasteiger partial charge in [-0.15, -0.1) is 0 Å². The van der Waals surface area contributed by atoms with Gasteiger partial charge in [-0.2, -0.15) is 13.2 Å². The molecule has 0 bridgehead atoms. The summed E-state index contributed by atoms with van der Waals surface area (Å²) in [6, 6.07) is 21.7. The lowest BCUT2D eigenvalue weighted by molar-refractivity contribution is -0.139. The molecule has 0 radical (unpaired) electrons. The van der Waals surface area contributed by atoms with Gasteiger partial charge in [0, 0.05) is 35.6 Å². The maximum atomic E-state index is 14.3. The fourth-order valence-corrected chi connectivity index (χ4v) is 6.88. The number of alkyl halides is 3. The van der Waals surface area contributed by atoms with Gasteiger partial charge in [-0.1, -0.05) is 89.4 Å². The van der Waals surface area contributed by atoms with E-state index in [2.05, 4.69) is 5.32 Å². The first-order valence-corrected chi connectivity index (χ1v) is 16.2. The molecule has 0 aliphatic carbocycles. The van der Waals surface area contributed by atoms with Gasteiger partial charge in [0.05, 0.1) is 21.2 Å². The number of carbonyl (C=O) groups excluding carboxylic acids is 2. The standard InChI is InChI=1S/C32H27Cl3F3N3O4S/c1-39-31(43)29(17-21-9-4-2-5-10-21)40(19-24-26(33)13-8-14-27(24)34)30(42)20-41(46(44,45)23-11-6-3-7-12-23)22-15-16-28(35)25(18-22)32(36,37)38/h2-16,18,29H,17,19-20H2,1H3,(H,39,43)/t29-/m1/s1. The molecule has 46 heavy (non-hydrogen) atoms. The van der Waals surface area contributed by atoms with Crippen LogP contribution < -0.4 is 9.62 Å². The van der Waals surface area contributed by atoms with Crippen LogP contribution in [-0.4, -0.2) is 44.8 Å². The Kier molecular flexibility index (Phi) is 11.3. The highest BCUT2D eigenvalue weighted by Crippen LogP contribution is 2.38. The van der Waals surface area contributed by atoms with Crippen LogP contribution in [0.1, 0.15) is 16.7 Å². The van der Waals surface area contributed by atoms with Crippen molar-refractivity contribution in [3.8, 4) is 0 Å². The fraction of sp³-hybridized carbons (Fsp3) is 0.188. The third-order valence-electron chi connectivity index (χ3n) is 7.06. The molecule has 0 fully saturated rings. The molecule has 4 aromatic carbocycles. The van der Waals surface area contributed by atoms with Crippen LogP contribution in [0.4, 0.5) is 18.9 Å². The van der Waals surface area contributed by atoms with Crippen molar-refractivity contribution < 1.29 is 31.2 Å². The maximum absolute atomic E-state index is 14.3. The Hall–Kier alpha value is -3.77. The first kappa shape index (κ1) is 35.1. The molecular formula is C32H27Cl3F3N3O4S. The monoisotopic (exact) mass is 711 g/mol. The lowest BCUT2D eigenvalue weighted by Gasteiger charge is -2.34. The molecule has 0 aliphatic rings. The van der Waals surface area contributed by atoms with Crippen molar-refractivity contribution in [2.24, 2.45) is 0 Å². The van der Waals surface area contributed by atoms with Crippen molar-refractivity contribution in [1.29, 1.82) is 0 Å². The summed E-state index contributed by atoms with van der Waals surface area (Å²) in [6.07, 6.45) is -4.91. The van der Waals surface area contributed by atoms with E-state index in [-0.39, 0.29) is 33.5 Å². The van der Waals surface area contributed by atoms with Crippen LogP contribution in [0.15, 0.2) is 102 Å². The van der Waals surface area contributed by atoms with Gasteiger partial charge in [0.1, 0.15) is 12.6 Å². The van der Waals surface area contributed by atoms with Gasteiger partial charge in [0.25, 0.3) is 10.0 Å². The number of likely N-dealkylation sites (N-methyl/N-ethyl adjacent to an activating group) is 1. The maximum Gasteiger partial charge on any atom is 0.417 e. The molecule has 0 unspecified atom stereocenters. The highest BCUT2D eigenvalue weighted by molar-refractivity contribution is 7.92. The van der Waals surface area contributed by atoms with E-state index in [4.69, 9.17) is 34.8 Å². The molecule has 4 rings (SSSR count). The van der Waals surface area contributed by atoms with Gasteiger partial charge in [-0.05, 0) is 48.0 Å². The summed E-state index contributed by atoms with van der Waals surface area (Å²) in [5, 5.41) is 2.25. The van der Waals surface area contributed by atoms with Crippen molar-refractivity contribution in [3.05, 3.63) is 129 Å². The highest BCUT2D eigenvalue weighted by atomic mass is 35.5. The fourth-order valence-electron chi connectivity index (χ4n) is 4.71. The van der Waals surface area contributed by atoms with Gasteiger partial charge < -0.3 is 10.2 Å². The topological polar surface area (TPSA) is 86.8 Å². The largest absolute Gasteiger partial charge is 0.417 e. The number of nitrogens with one attached hydrogen (secondary N) is 1. The Bertz CT molecular complexity index is 1790. The summed E-state index contributed by atoms with van der Waals surface area (Å²) >= 11 is 18.7. The number of nitrogens with zero attached hydrogens (tertiary/aromatic N) is 2. The van der Waals surface area contributed by atoms with Gasteiger partial charge in [-0.3, -0.25) is 13.9 Å². The predicted molar refractivity (Wildman–Crippen MR) is 172 cm³/mol. The smallest absolute Gasteiger partial charge is 0.357 e. The number of anilines is 1. The Morgan fingerprint density at radius 3 is 1.98 bits per heavy atom. The van der Waals surface area contributed by atoms with Crippen LogP contribution in [0.25, 0.3) is 0 Å². The first-order valence-electron chi connectivity index (χ1n) is 13.7. The summed E-state index contributed by atoms with van der Waals surface area (Å²) < 4.78 is 70.1. The van der Waals surface area contributed by atoms with E-state index in [0.29, 0.717) is 15.9 Å². The second kappa shape index (κ2) is 14.8. The zero-order valence-electron chi connectivity index (χ0n) is 24.1. The predicted octanol–water partition coefficient (Wildman–Crippen LogP) is 7.25. The second-order valence-corrected chi connectivity index (χ2v) is 13.1. The molecule has 0 saturated carbocycles. The van der Waals surface area contributed by atoms with Crippen LogP contribution in [-0.2, 0) is 38.8 Å². The molecule has 1 N–H and O–H groups in total. The van der Waals surface area contributed by atoms with Crippen molar-refractivity contribution in [2.45, 2.75) is 30.1 Å².